The molecule has 13 heteroatoms. The Bertz CT molecular complexity index is 1230. The lowest BCUT2D eigenvalue weighted by Gasteiger charge is -2.17. The van der Waals surface area contributed by atoms with E-state index in [4.69, 9.17) is 9.84 Å². The molecule has 0 aliphatic heterocycles. The summed E-state index contributed by atoms with van der Waals surface area (Å²) in [5.74, 6) is -0.472. The molecule has 4 N–H and O–H groups in total. The minimum absolute atomic E-state index is 0.00291. The molecule has 194 valence electrons. The van der Waals surface area contributed by atoms with Crippen molar-refractivity contribution in [1.82, 2.24) is 25.0 Å². The molecule has 2 fully saturated rings. The van der Waals surface area contributed by atoms with Gasteiger partial charge in [0.05, 0.1) is 25.4 Å². The Morgan fingerprint density at radius 2 is 2.00 bits per heavy atom. The fraction of sp³-hybridized carbons (Fsp3) is 0.565. The summed E-state index contributed by atoms with van der Waals surface area (Å²) in [6, 6.07) is 3.26. The number of nitrogens with zero attached hydrogens (tertiary/aromatic N) is 5. The van der Waals surface area contributed by atoms with E-state index in [1.165, 1.54) is 22.5 Å². The van der Waals surface area contributed by atoms with Crippen LogP contribution in [-0.2, 0) is 4.74 Å². The average Bonchev–Trinajstić information content (AvgIpc) is 3.41. The van der Waals surface area contributed by atoms with E-state index < -0.39 is 36.0 Å². The number of fused-ring (bicyclic) bond motifs is 1. The van der Waals surface area contributed by atoms with Gasteiger partial charge in [0.1, 0.15) is 12.2 Å². The molecule has 3 aromatic rings. The quantitative estimate of drug-likeness (QED) is 0.231. The van der Waals surface area contributed by atoms with Crippen molar-refractivity contribution in [3.63, 3.8) is 0 Å². The third-order valence-electron chi connectivity index (χ3n) is 6.56. The molecule has 2 aliphatic carbocycles. The molecular weight excluding hydrogens is 494 g/mol. The van der Waals surface area contributed by atoms with Crippen LogP contribution in [0, 0.1) is 11.6 Å². The molecule has 0 spiro atoms. The van der Waals surface area contributed by atoms with Gasteiger partial charge in [-0.25, -0.2) is 23.4 Å². The first-order valence-electron chi connectivity index (χ1n) is 12.0. The van der Waals surface area contributed by atoms with E-state index in [-0.39, 0.29) is 31.6 Å². The van der Waals surface area contributed by atoms with Gasteiger partial charge in [-0.2, -0.15) is 0 Å². The number of aliphatic hydroxyl groups excluding tert-OH is 3. The summed E-state index contributed by atoms with van der Waals surface area (Å²) in [4.78, 5) is 9.27. The van der Waals surface area contributed by atoms with Crippen molar-refractivity contribution in [2.24, 2.45) is 0 Å². The highest BCUT2D eigenvalue weighted by Gasteiger charge is 2.45. The number of thioether (sulfide) groups is 1. The Balaban J connectivity index is 1.43. The van der Waals surface area contributed by atoms with Gasteiger partial charge in [-0.05, 0) is 30.5 Å². The van der Waals surface area contributed by atoms with Crippen molar-refractivity contribution in [3.8, 4) is 0 Å². The molecule has 36 heavy (non-hydrogen) atoms. The van der Waals surface area contributed by atoms with Crippen molar-refractivity contribution >= 4 is 28.7 Å². The van der Waals surface area contributed by atoms with Crippen LogP contribution in [0.25, 0.3) is 11.2 Å². The molecule has 2 aromatic heterocycles. The largest absolute Gasteiger partial charge is 0.394 e. The predicted octanol–water partition coefficient (Wildman–Crippen LogP) is 2.01. The molecule has 1 aromatic carbocycles. The monoisotopic (exact) mass is 522 g/mol. The van der Waals surface area contributed by atoms with Gasteiger partial charge in [-0.3, -0.25) is 0 Å². The van der Waals surface area contributed by atoms with Crippen LogP contribution in [0.1, 0.15) is 43.7 Å². The fourth-order valence-corrected chi connectivity index (χ4v) is 5.31. The molecule has 0 unspecified atom stereocenters. The lowest BCUT2D eigenvalue weighted by Crippen LogP contribution is -2.33. The van der Waals surface area contributed by atoms with Gasteiger partial charge in [-0.1, -0.05) is 30.0 Å². The summed E-state index contributed by atoms with van der Waals surface area (Å²) < 4.78 is 34.0. The Labute approximate surface area is 210 Å². The summed E-state index contributed by atoms with van der Waals surface area (Å²) in [6.07, 6.45) is -1.04. The number of nitrogens with one attached hydrogen (secondary N) is 1. The summed E-state index contributed by atoms with van der Waals surface area (Å²) in [7, 11) is 0. The molecule has 6 atom stereocenters. The van der Waals surface area contributed by atoms with Crippen molar-refractivity contribution in [3.05, 3.63) is 35.4 Å². The molecule has 0 radical (unpaired) electrons. The fourth-order valence-electron chi connectivity index (χ4n) is 4.61. The molecule has 0 amide bonds. The third kappa shape index (κ3) is 4.90. The normalized spacial score (nSPS) is 27.6. The van der Waals surface area contributed by atoms with Gasteiger partial charge in [0.25, 0.3) is 0 Å². The number of aliphatic hydroxyl groups is 3. The topological polar surface area (TPSA) is 138 Å². The second kappa shape index (κ2) is 10.5. The predicted molar refractivity (Wildman–Crippen MR) is 128 cm³/mol. The number of hydrogen-bond donors (Lipinski definition) is 4. The van der Waals surface area contributed by atoms with Gasteiger partial charge in [0.2, 0.25) is 0 Å². The summed E-state index contributed by atoms with van der Waals surface area (Å²) in [5.41, 5.74) is 1.53. The first-order valence-corrected chi connectivity index (χ1v) is 13.0. The highest BCUT2D eigenvalue weighted by molar-refractivity contribution is 7.99. The Morgan fingerprint density at radius 1 is 1.17 bits per heavy atom. The molecule has 2 saturated carbocycles. The zero-order valence-corrected chi connectivity index (χ0v) is 20.4. The number of ether oxygens (including phenoxy) is 1. The smallest absolute Gasteiger partial charge is 0.191 e. The molecule has 0 bridgehead atoms. The number of aromatic nitrogens is 5. The van der Waals surface area contributed by atoms with Gasteiger partial charge in [0, 0.05) is 24.1 Å². The SMILES string of the molecule is CCCSc1nc(N[C@@H]2C[C@@H]2c2ccc(F)c(F)c2)c2nnn([C@@H]3C[C@H](OCCO)[C@@H](O)[C@@H]3O)c2n1. The van der Waals surface area contributed by atoms with E-state index in [2.05, 4.69) is 32.5 Å². The number of benzene rings is 1. The lowest BCUT2D eigenvalue weighted by atomic mass is 10.1. The molecule has 0 saturated heterocycles. The van der Waals surface area contributed by atoms with Crippen LogP contribution in [0.15, 0.2) is 23.4 Å². The molecule has 10 nitrogen and oxygen atoms in total. The summed E-state index contributed by atoms with van der Waals surface area (Å²) in [5, 5.41) is 42.5. The molecule has 2 aliphatic rings. The standard InChI is InChI=1S/C23H28F2N6O4S/c1-2-7-36-23-27-21(26-15-9-12(15)11-3-4-13(24)14(25)8-11)18-22(28-23)31(30-29-18)16-10-17(35-6-5-32)20(34)19(16)33/h3-4,8,12,15-17,19-20,32-34H,2,5-7,9-10H2,1H3,(H,26,27,28)/t12-,15-,16-,17+,19-,20-/m1/s1. The minimum atomic E-state index is -1.15. The van der Waals surface area contributed by atoms with E-state index in [1.54, 1.807) is 6.07 Å². The maximum atomic E-state index is 13.7. The van der Waals surface area contributed by atoms with Crippen LogP contribution in [0.2, 0.25) is 0 Å². The van der Waals surface area contributed by atoms with E-state index in [1.807, 2.05) is 0 Å². The van der Waals surface area contributed by atoms with E-state index in [0.717, 1.165) is 24.7 Å². The average molecular weight is 523 g/mol. The van der Waals surface area contributed by atoms with Gasteiger partial charge >= 0.3 is 0 Å². The first kappa shape index (κ1) is 25.2. The number of anilines is 1. The van der Waals surface area contributed by atoms with Crippen molar-refractivity contribution in [2.75, 3.05) is 24.3 Å². The second-order valence-electron chi connectivity index (χ2n) is 9.09. The Kier molecular flexibility index (Phi) is 7.35. The van der Waals surface area contributed by atoms with Crippen LogP contribution >= 0.6 is 11.8 Å². The third-order valence-corrected chi connectivity index (χ3v) is 7.61. The van der Waals surface area contributed by atoms with E-state index in [9.17, 15) is 19.0 Å². The summed E-state index contributed by atoms with van der Waals surface area (Å²) in [6.45, 7) is 1.91. The van der Waals surface area contributed by atoms with Crippen LogP contribution in [0.4, 0.5) is 14.6 Å². The minimum Gasteiger partial charge on any atom is -0.394 e. The molecular formula is C23H28F2N6O4S. The van der Waals surface area contributed by atoms with Crippen LogP contribution in [0.3, 0.4) is 0 Å². The highest BCUT2D eigenvalue weighted by atomic mass is 32.2. The maximum Gasteiger partial charge on any atom is 0.191 e. The van der Waals surface area contributed by atoms with Crippen LogP contribution in [0.5, 0.6) is 0 Å². The Morgan fingerprint density at radius 3 is 2.75 bits per heavy atom. The van der Waals surface area contributed by atoms with Crippen LogP contribution in [-0.4, -0.2) is 83.6 Å². The number of halogens is 2. The second-order valence-corrected chi connectivity index (χ2v) is 10.2. The van der Waals surface area contributed by atoms with Crippen LogP contribution < -0.4 is 5.32 Å². The van der Waals surface area contributed by atoms with E-state index >= 15 is 0 Å². The van der Waals surface area contributed by atoms with Crippen molar-refractivity contribution in [2.45, 2.75) is 67.7 Å². The summed E-state index contributed by atoms with van der Waals surface area (Å²) >= 11 is 1.48. The zero-order chi connectivity index (χ0) is 25.4. The highest BCUT2D eigenvalue weighted by Crippen LogP contribution is 2.44. The van der Waals surface area contributed by atoms with Crippen molar-refractivity contribution < 1.29 is 28.8 Å². The maximum absolute atomic E-state index is 13.7. The lowest BCUT2D eigenvalue weighted by molar-refractivity contribution is -0.0629. The van der Waals surface area contributed by atoms with E-state index in [0.29, 0.717) is 27.7 Å². The Hall–Kier alpha value is -2.45. The van der Waals surface area contributed by atoms with Gasteiger partial charge < -0.3 is 25.4 Å². The number of rotatable bonds is 10. The number of hydrogen-bond acceptors (Lipinski definition) is 10. The van der Waals surface area contributed by atoms with Gasteiger partial charge in [-0.15, -0.1) is 5.10 Å². The zero-order valence-electron chi connectivity index (χ0n) is 19.6. The molecule has 2 heterocycles. The molecule has 5 rings (SSSR count). The first-order chi connectivity index (χ1) is 17.4. The van der Waals surface area contributed by atoms with Gasteiger partial charge in [0.15, 0.2) is 33.8 Å². The van der Waals surface area contributed by atoms with Crippen molar-refractivity contribution in [1.29, 1.82) is 0 Å².